The molecule has 2 aromatic heterocycles. The van der Waals surface area contributed by atoms with E-state index in [1.807, 2.05) is 25.2 Å². The molecule has 5 heteroatoms. The largest absolute Gasteiger partial charge is 0.495 e. The van der Waals surface area contributed by atoms with Gasteiger partial charge < -0.3 is 9.72 Å². The lowest BCUT2D eigenvalue weighted by Gasteiger charge is -2.06. The zero-order valence-electron chi connectivity index (χ0n) is 9.52. The number of H-pyrrole nitrogens is 1. The normalized spacial score (nSPS) is 11.2. The van der Waals surface area contributed by atoms with Gasteiger partial charge in [-0.25, -0.2) is 0 Å². The molecule has 1 N–H and O–H groups in total. The summed E-state index contributed by atoms with van der Waals surface area (Å²) < 4.78 is 7.92. The number of benzene rings is 1. The minimum atomic E-state index is 0.791. The zero-order valence-corrected chi connectivity index (χ0v) is 10.3. The molecule has 0 spiro atoms. The highest BCUT2D eigenvalue weighted by Gasteiger charge is 2.09. The Labute approximate surface area is 103 Å². The van der Waals surface area contributed by atoms with Gasteiger partial charge in [-0.1, -0.05) is 24.4 Å². The number of rotatable bonds is 1. The number of aromatic nitrogens is 3. The summed E-state index contributed by atoms with van der Waals surface area (Å²) in [5.74, 6) is 0.791. The summed E-state index contributed by atoms with van der Waals surface area (Å²) in [4.78, 5) is 3.32. The topological polar surface area (TPSA) is 42.8 Å². The van der Waals surface area contributed by atoms with Crippen molar-refractivity contribution in [2.75, 3.05) is 7.11 Å². The maximum atomic E-state index is 5.51. The van der Waals surface area contributed by atoms with E-state index >= 15 is 0 Å². The fourth-order valence-corrected chi connectivity index (χ4v) is 2.49. The lowest BCUT2D eigenvalue weighted by Crippen LogP contribution is -1.92. The first kappa shape index (κ1) is 10.3. The first-order valence-corrected chi connectivity index (χ1v) is 5.64. The molecule has 1 aromatic carbocycles. The second-order valence-electron chi connectivity index (χ2n) is 3.87. The van der Waals surface area contributed by atoms with Crippen molar-refractivity contribution < 1.29 is 4.74 Å². The summed E-state index contributed by atoms with van der Waals surface area (Å²) in [6.45, 7) is 0. The molecule has 0 radical (unpaired) electrons. The highest BCUT2D eigenvalue weighted by Crippen LogP contribution is 2.28. The van der Waals surface area contributed by atoms with E-state index in [0.717, 1.165) is 32.2 Å². The van der Waals surface area contributed by atoms with E-state index in [4.69, 9.17) is 17.0 Å². The van der Waals surface area contributed by atoms with Crippen LogP contribution in [0.4, 0.5) is 0 Å². The fraction of sp³-hybridized carbons (Fsp3) is 0.167. The molecule has 0 aliphatic heterocycles. The number of methoxy groups -OCH3 is 1. The van der Waals surface area contributed by atoms with Crippen LogP contribution in [0.25, 0.3) is 21.9 Å². The van der Waals surface area contributed by atoms with Gasteiger partial charge in [-0.15, -0.1) is 0 Å². The van der Waals surface area contributed by atoms with Crippen LogP contribution in [0, 0.1) is 4.51 Å². The molecule has 2 heterocycles. The number of fused-ring (bicyclic) bond motifs is 2. The van der Waals surface area contributed by atoms with Crippen LogP contribution in [-0.4, -0.2) is 21.9 Å². The van der Waals surface area contributed by atoms with E-state index in [1.54, 1.807) is 18.0 Å². The third kappa shape index (κ3) is 1.36. The van der Waals surface area contributed by atoms with Gasteiger partial charge in [0.2, 0.25) is 0 Å². The second kappa shape index (κ2) is 3.56. The van der Waals surface area contributed by atoms with Crippen molar-refractivity contribution in [3.63, 3.8) is 0 Å². The lowest BCUT2D eigenvalue weighted by molar-refractivity contribution is 0.419. The van der Waals surface area contributed by atoms with Gasteiger partial charge in [0.15, 0.2) is 0 Å². The molecule has 0 amide bonds. The Morgan fingerprint density at radius 2 is 2.24 bits per heavy atom. The summed E-state index contributed by atoms with van der Waals surface area (Å²) >= 11 is 5.51. The number of nitrogens with zero attached hydrogens (tertiary/aromatic N) is 2. The third-order valence-electron chi connectivity index (χ3n) is 2.90. The highest BCUT2D eigenvalue weighted by atomic mass is 32.1. The molecular weight excluding hydrogens is 234 g/mol. The number of hydrogen-bond donors (Lipinski definition) is 1. The predicted molar refractivity (Wildman–Crippen MR) is 70.0 cm³/mol. The highest BCUT2D eigenvalue weighted by molar-refractivity contribution is 7.72. The molecule has 0 aliphatic carbocycles. The van der Waals surface area contributed by atoms with Crippen LogP contribution in [-0.2, 0) is 7.05 Å². The van der Waals surface area contributed by atoms with Crippen molar-refractivity contribution >= 4 is 34.2 Å². The van der Waals surface area contributed by atoms with Gasteiger partial charge in [-0.3, -0.25) is 4.68 Å². The molecule has 4 nitrogen and oxygen atoms in total. The van der Waals surface area contributed by atoms with Crippen LogP contribution in [0.15, 0.2) is 24.4 Å². The number of hydrogen-bond acceptors (Lipinski definition) is 3. The SMILES string of the molecule is COc1cccc2c(=S)c3c(cnn3C)[nH]c12. The molecule has 0 saturated carbocycles. The number of aryl methyl sites for hydroxylation is 1. The average molecular weight is 245 g/mol. The van der Waals surface area contributed by atoms with E-state index in [2.05, 4.69) is 10.1 Å². The monoisotopic (exact) mass is 245 g/mol. The molecule has 3 rings (SSSR count). The van der Waals surface area contributed by atoms with E-state index in [0.29, 0.717) is 0 Å². The maximum Gasteiger partial charge on any atom is 0.142 e. The summed E-state index contributed by atoms with van der Waals surface area (Å²) in [7, 11) is 3.54. The van der Waals surface area contributed by atoms with Crippen LogP contribution in [0.5, 0.6) is 5.75 Å². The number of nitrogens with one attached hydrogen (secondary N) is 1. The number of ether oxygens (including phenoxy) is 1. The van der Waals surface area contributed by atoms with Gasteiger partial charge in [0.1, 0.15) is 11.3 Å². The Balaban J connectivity index is 2.61. The molecule has 17 heavy (non-hydrogen) atoms. The van der Waals surface area contributed by atoms with Crippen LogP contribution < -0.4 is 4.74 Å². The summed E-state index contributed by atoms with van der Waals surface area (Å²) in [5, 5.41) is 5.19. The van der Waals surface area contributed by atoms with Gasteiger partial charge >= 0.3 is 0 Å². The third-order valence-corrected chi connectivity index (χ3v) is 3.32. The Kier molecular flexibility index (Phi) is 2.16. The maximum absolute atomic E-state index is 5.51. The summed E-state index contributed by atoms with van der Waals surface area (Å²) in [6, 6.07) is 5.84. The van der Waals surface area contributed by atoms with Gasteiger partial charge in [0.25, 0.3) is 0 Å². The standard InChI is InChI=1S/C12H11N3OS/c1-15-11-8(6-13-15)14-10-7(12(11)17)4-3-5-9(10)16-2/h3-6H,1-2H3,(H,14,17). The van der Waals surface area contributed by atoms with Crippen molar-refractivity contribution in [3.05, 3.63) is 28.9 Å². The molecular formula is C12H11N3OS. The van der Waals surface area contributed by atoms with Gasteiger partial charge in [0.05, 0.1) is 28.9 Å². The molecule has 0 unspecified atom stereocenters. The van der Waals surface area contributed by atoms with Crippen molar-refractivity contribution in [1.82, 2.24) is 14.8 Å². The van der Waals surface area contributed by atoms with Crippen LogP contribution in [0.1, 0.15) is 0 Å². The van der Waals surface area contributed by atoms with Gasteiger partial charge in [-0.2, -0.15) is 5.10 Å². The van der Waals surface area contributed by atoms with Crippen molar-refractivity contribution in [3.8, 4) is 5.75 Å². The van der Waals surface area contributed by atoms with E-state index in [-0.39, 0.29) is 0 Å². The van der Waals surface area contributed by atoms with Crippen LogP contribution in [0.3, 0.4) is 0 Å². The number of para-hydroxylation sites is 1. The fourth-order valence-electron chi connectivity index (χ4n) is 2.08. The van der Waals surface area contributed by atoms with Gasteiger partial charge in [-0.05, 0) is 6.07 Å². The summed E-state index contributed by atoms with van der Waals surface area (Å²) in [6.07, 6.45) is 1.77. The summed E-state index contributed by atoms with van der Waals surface area (Å²) in [5.41, 5.74) is 2.79. The lowest BCUT2D eigenvalue weighted by atomic mass is 10.2. The number of pyridine rings is 1. The molecule has 0 aliphatic rings. The van der Waals surface area contributed by atoms with Gasteiger partial charge in [0, 0.05) is 12.4 Å². The van der Waals surface area contributed by atoms with Crippen molar-refractivity contribution in [1.29, 1.82) is 0 Å². The number of aromatic amines is 1. The smallest absolute Gasteiger partial charge is 0.142 e. The van der Waals surface area contributed by atoms with E-state index < -0.39 is 0 Å². The Morgan fingerprint density at radius 1 is 1.41 bits per heavy atom. The molecule has 0 atom stereocenters. The molecule has 0 saturated heterocycles. The zero-order chi connectivity index (χ0) is 12.0. The molecule has 86 valence electrons. The molecule has 3 aromatic rings. The minimum absolute atomic E-state index is 0.791. The quantitative estimate of drug-likeness (QED) is 0.670. The van der Waals surface area contributed by atoms with Crippen molar-refractivity contribution in [2.45, 2.75) is 0 Å². The van der Waals surface area contributed by atoms with Crippen LogP contribution >= 0.6 is 12.2 Å². The molecule has 0 fully saturated rings. The first-order chi connectivity index (χ1) is 8.22. The van der Waals surface area contributed by atoms with E-state index in [9.17, 15) is 0 Å². The second-order valence-corrected chi connectivity index (χ2v) is 4.28. The minimum Gasteiger partial charge on any atom is -0.495 e. The van der Waals surface area contributed by atoms with Crippen LogP contribution in [0.2, 0.25) is 0 Å². The van der Waals surface area contributed by atoms with Crippen molar-refractivity contribution in [2.24, 2.45) is 7.05 Å². The predicted octanol–water partition coefficient (Wildman–Crippen LogP) is 2.79. The van der Waals surface area contributed by atoms with E-state index in [1.165, 1.54) is 0 Å². The average Bonchev–Trinajstić information content (AvgIpc) is 2.71. The Bertz CT molecular complexity index is 772. The molecule has 0 bridgehead atoms. The first-order valence-electron chi connectivity index (χ1n) is 5.23. The Morgan fingerprint density at radius 3 is 3.00 bits per heavy atom. The Hall–Kier alpha value is -1.88.